The molecular formula is C10H9LiN2O3. The maximum Gasteiger partial charge on any atom is 1.00 e. The molecule has 0 aliphatic carbocycles. The Morgan fingerprint density at radius 3 is 3.00 bits per heavy atom. The van der Waals surface area contributed by atoms with E-state index in [-0.39, 0.29) is 26.7 Å². The van der Waals surface area contributed by atoms with Crippen molar-refractivity contribution in [2.24, 2.45) is 0 Å². The molecule has 0 aliphatic heterocycles. The van der Waals surface area contributed by atoms with Gasteiger partial charge >= 0.3 is 24.8 Å². The van der Waals surface area contributed by atoms with Gasteiger partial charge in [-0.2, -0.15) is 0 Å². The van der Waals surface area contributed by atoms with Crippen LogP contribution in [0.2, 0.25) is 0 Å². The SMILES string of the molecule is O=C(O)Cc1cc(-c2cccnc2)no1.[H-].[Li+]. The molecule has 0 spiro atoms. The van der Waals surface area contributed by atoms with Gasteiger partial charge in [-0.05, 0) is 12.1 Å². The minimum absolute atomic E-state index is 0. The first-order chi connectivity index (χ1) is 7.25. The predicted molar refractivity (Wildman–Crippen MR) is 52.2 cm³/mol. The summed E-state index contributed by atoms with van der Waals surface area (Å²) in [6.45, 7) is 0. The zero-order chi connectivity index (χ0) is 10.7. The molecule has 5 nitrogen and oxygen atoms in total. The maximum absolute atomic E-state index is 10.4. The maximum atomic E-state index is 10.4. The summed E-state index contributed by atoms with van der Waals surface area (Å²) in [5.41, 5.74) is 1.40. The number of carboxylic acids is 1. The topological polar surface area (TPSA) is 76.2 Å². The third kappa shape index (κ3) is 2.96. The number of nitrogens with zero attached hydrogens (tertiary/aromatic N) is 2. The molecule has 16 heavy (non-hydrogen) atoms. The molecular weight excluding hydrogens is 203 g/mol. The minimum Gasteiger partial charge on any atom is -1.00 e. The number of rotatable bonds is 3. The zero-order valence-electron chi connectivity index (χ0n) is 9.75. The van der Waals surface area contributed by atoms with Crippen LogP contribution in [-0.2, 0) is 11.2 Å². The van der Waals surface area contributed by atoms with Gasteiger partial charge in [0, 0.05) is 24.0 Å². The van der Waals surface area contributed by atoms with Gasteiger partial charge in [0.25, 0.3) is 0 Å². The van der Waals surface area contributed by atoms with Crippen LogP contribution in [0.4, 0.5) is 0 Å². The van der Waals surface area contributed by atoms with Gasteiger partial charge in [0.2, 0.25) is 0 Å². The number of aromatic nitrogens is 2. The van der Waals surface area contributed by atoms with E-state index in [1.807, 2.05) is 6.07 Å². The summed E-state index contributed by atoms with van der Waals surface area (Å²) in [6, 6.07) is 5.21. The number of aliphatic carboxylic acids is 1. The minimum atomic E-state index is -0.941. The summed E-state index contributed by atoms with van der Waals surface area (Å²) in [5.74, 6) is -0.606. The van der Waals surface area contributed by atoms with E-state index in [9.17, 15) is 4.79 Å². The summed E-state index contributed by atoms with van der Waals surface area (Å²) < 4.78 is 4.87. The van der Waals surface area contributed by atoms with Crippen LogP contribution in [0.3, 0.4) is 0 Å². The molecule has 0 atom stereocenters. The van der Waals surface area contributed by atoms with E-state index in [0.29, 0.717) is 11.5 Å². The van der Waals surface area contributed by atoms with Crippen LogP contribution in [0.25, 0.3) is 11.3 Å². The van der Waals surface area contributed by atoms with Crippen LogP contribution in [0.5, 0.6) is 0 Å². The number of hydrogen-bond acceptors (Lipinski definition) is 4. The Kier molecular flexibility index (Phi) is 4.29. The summed E-state index contributed by atoms with van der Waals surface area (Å²) in [4.78, 5) is 14.3. The van der Waals surface area contributed by atoms with Gasteiger partial charge < -0.3 is 11.1 Å². The van der Waals surface area contributed by atoms with Crippen molar-refractivity contribution in [1.29, 1.82) is 0 Å². The van der Waals surface area contributed by atoms with Crippen LogP contribution in [0, 0.1) is 0 Å². The predicted octanol–water partition coefficient (Wildman–Crippen LogP) is -1.52. The summed E-state index contributed by atoms with van der Waals surface area (Å²) in [7, 11) is 0. The Bertz CT molecular complexity index is 475. The molecule has 0 bridgehead atoms. The summed E-state index contributed by atoms with van der Waals surface area (Å²) in [5, 5.41) is 12.3. The summed E-state index contributed by atoms with van der Waals surface area (Å²) in [6.07, 6.45) is 3.14. The number of hydrogen-bond donors (Lipinski definition) is 1. The van der Waals surface area contributed by atoms with E-state index in [1.54, 1.807) is 24.5 Å². The fourth-order valence-corrected chi connectivity index (χ4v) is 1.20. The van der Waals surface area contributed by atoms with Gasteiger partial charge in [-0.3, -0.25) is 9.78 Å². The fourth-order valence-electron chi connectivity index (χ4n) is 1.20. The first kappa shape index (κ1) is 12.5. The van der Waals surface area contributed by atoms with E-state index in [2.05, 4.69) is 10.1 Å². The normalized spacial score (nSPS) is 9.50. The third-order valence-electron chi connectivity index (χ3n) is 1.84. The average Bonchev–Trinajstić information content (AvgIpc) is 2.67. The molecule has 2 aromatic heterocycles. The van der Waals surface area contributed by atoms with Crippen LogP contribution in [0.1, 0.15) is 7.19 Å². The van der Waals surface area contributed by atoms with Crippen molar-refractivity contribution >= 4 is 5.97 Å². The van der Waals surface area contributed by atoms with E-state index < -0.39 is 5.97 Å². The molecule has 0 fully saturated rings. The fraction of sp³-hybridized carbons (Fsp3) is 0.100. The van der Waals surface area contributed by atoms with Crippen molar-refractivity contribution in [2.45, 2.75) is 6.42 Å². The molecule has 78 valence electrons. The van der Waals surface area contributed by atoms with Crippen molar-refractivity contribution in [3.05, 3.63) is 36.4 Å². The van der Waals surface area contributed by atoms with E-state index >= 15 is 0 Å². The zero-order valence-corrected chi connectivity index (χ0v) is 8.75. The van der Waals surface area contributed by atoms with Crippen LogP contribution < -0.4 is 18.9 Å². The third-order valence-corrected chi connectivity index (χ3v) is 1.84. The molecule has 0 amide bonds. The molecule has 0 aromatic carbocycles. The molecule has 1 N–H and O–H groups in total. The Hall–Kier alpha value is -1.57. The quantitative estimate of drug-likeness (QED) is 0.625. The van der Waals surface area contributed by atoms with Crippen molar-refractivity contribution < 1.29 is 34.7 Å². The molecule has 2 heterocycles. The smallest absolute Gasteiger partial charge is 1.00 e. The molecule has 0 radical (unpaired) electrons. The van der Waals surface area contributed by atoms with Crippen molar-refractivity contribution in [2.75, 3.05) is 0 Å². The molecule has 2 rings (SSSR count). The molecule has 6 heteroatoms. The number of carboxylic acid groups (broad SMARTS) is 1. The van der Waals surface area contributed by atoms with Crippen molar-refractivity contribution in [1.82, 2.24) is 10.1 Å². The first-order valence-corrected chi connectivity index (χ1v) is 4.33. The second-order valence-corrected chi connectivity index (χ2v) is 2.99. The van der Waals surface area contributed by atoms with Crippen LogP contribution in [-0.4, -0.2) is 21.2 Å². The second-order valence-electron chi connectivity index (χ2n) is 2.99. The molecule has 0 saturated heterocycles. The van der Waals surface area contributed by atoms with Crippen LogP contribution in [0.15, 0.2) is 35.1 Å². The van der Waals surface area contributed by atoms with Crippen LogP contribution >= 0.6 is 0 Å². The van der Waals surface area contributed by atoms with E-state index in [4.69, 9.17) is 9.63 Å². The average molecular weight is 212 g/mol. The van der Waals surface area contributed by atoms with Gasteiger partial charge in [0.15, 0.2) is 0 Å². The van der Waals surface area contributed by atoms with Gasteiger partial charge in [0.1, 0.15) is 17.9 Å². The van der Waals surface area contributed by atoms with E-state index in [0.717, 1.165) is 5.56 Å². The second kappa shape index (κ2) is 5.49. The molecule has 0 aliphatic rings. The van der Waals surface area contributed by atoms with Crippen molar-refractivity contribution in [3.8, 4) is 11.3 Å². The summed E-state index contributed by atoms with van der Waals surface area (Å²) >= 11 is 0. The first-order valence-electron chi connectivity index (χ1n) is 4.33. The van der Waals surface area contributed by atoms with E-state index in [1.165, 1.54) is 0 Å². The van der Waals surface area contributed by atoms with Gasteiger partial charge in [-0.1, -0.05) is 5.16 Å². The monoisotopic (exact) mass is 212 g/mol. The number of pyridine rings is 1. The largest absolute Gasteiger partial charge is 1.00 e. The molecule has 0 unspecified atom stereocenters. The van der Waals surface area contributed by atoms with Gasteiger partial charge in [-0.25, -0.2) is 0 Å². The Morgan fingerprint density at radius 2 is 2.38 bits per heavy atom. The Balaban J connectivity index is 0.00000128. The van der Waals surface area contributed by atoms with Gasteiger partial charge in [-0.15, -0.1) is 0 Å². The Labute approximate surface area is 105 Å². The molecule has 2 aromatic rings. The van der Waals surface area contributed by atoms with Crippen molar-refractivity contribution in [3.63, 3.8) is 0 Å². The Morgan fingerprint density at radius 1 is 1.56 bits per heavy atom. The van der Waals surface area contributed by atoms with Gasteiger partial charge in [0.05, 0.1) is 0 Å². The number of carbonyl (C=O) groups is 1. The molecule has 0 saturated carbocycles. The standard InChI is InChI=1S/C10H8N2O3.Li.H/c13-10(14)5-8-4-9(12-15-8)7-2-1-3-11-6-7;;/h1-4,6H,5H2,(H,13,14);;/q;+1;-1.